The zero-order valence-electron chi connectivity index (χ0n) is 18.6. The molecule has 1 aliphatic rings. The Morgan fingerprint density at radius 1 is 1.15 bits per heavy atom. The van der Waals surface area contributed by atoms with Gasteiger partial charge in [0.15, 0.2) is 0 Å². The van der Waals surface area contributed by atoms with Crippen LogP contribution in [0, 0.1) is 5.82 Å². The largest absolute Gasteiger partial charge is 0.462 e. The average molecular weight is 463 g/mol. The van der Waals surface area contributed by atoms with Gasteiger partial charge in [0.25, 0.3) is 0 Å². The molecular formula is C24H22FN5O4. The van der Waals surface area contributed by atoms with Crippen LogP contribution in [-0.2, 0) is 20.7 Å². The van der Waals surface area contributed by atoms with Gasteiger partial charge in [-0.15, -0.1) is 0 Å². The van der Waals surface area contributed by atoms with Crippen LogP contribution in [0.15, 0.2) is 69.3 Å². The Balaban J connectivity index is 1.49. The molecule has 2 aromatic carbocycles. The van der Waals surface area contributed by atoms with Crippen molar-refractivity contribution in [3.63, 3.8) is 0 Å². The van der Waals surface area contributed by atoms with Crippen molar-refractivity contribution in [3.05, 3.63) is 71.5 Å². The van der Waals surface area contributed by atoms with Crippen LogP contribution in [0.5, 0.6) is 0 Å². The second-order valence-electron chi connectivity index (χ2n) is 7.39. The molecule has 2 N–H and O–H groups in total. The fourth-order valence-corrected chi connectivity index (χ4v) is 3.33. The normalized spacial score (nSPS) is 12.9. The Morgan fingerprint density at radius 2 is 1.91 bits per heavy atom. The number of rotatable bonds is 6. The Kier molecular flexibility index (Phi) is 6.77. The van der Waals surface area contributed by atoms with Crippen LogP contribution in [0.2, 0.25) is 0 Å². The summed E-state index contributed by atoms with van der Waals surface area (Å²) in [5.41, 5.74) is 2.51. The number of amidine groups is 1. The minimum absolute atomic E-state index is 0.00823. The van der Waals surface area contributed by atoms with E-state index in [4.69, 9.17) is 9.26 Å². The number of halogens is 1. The number of hydrogen-bond donors (Lipinski definition) is 2. The molecule has 2 heterocycles. The van der Waals surface area contributed by atoms with Crippen LogP contribution in [-0.4, -0.2) is 34.5 Å². The van der Waals surface area contributed by atoms with Crippen molar-refractivity contribution in [1.82, 2.24) is 15.5 Å². The van der Waals surface area contributed by atoms with Crippen LogP contribution in [0.4, 0.5) is 15.8 Å². The van der Waals surface area contributed by atoms with Crippen molar-refractivity contribution in [3.8, 4) is 11.4 Å². The van der Waals surface area contributed by atoms with Gasteiger partial charge in [0.1, 0.15) is 17.2 Å². The smallest absolute Gasteiger partial charge is 0.343 e. The number of aliphatic imine (C=N–C) groups is 1. The standard InChI is InChI=1S/C24H22FN5O4/c1-3-33-24(32)21-14(2)26-17-6-4-5-7-18(17)27-23(21)28-19(31)12-13-20-29-22(30-34-20)15-8-10-16(25)11-9-15/h4-11,26H,3,12-13H2,1-2H3,(H,27,28,31). The lowest BCUT2D eigenvalue weighted by atomic mass is 10.1. The van der Waals surface area contributed by atoms with Crippen LogP contribution in [0.3, 0.4) is 0 Å². The first kappa shape index (κ1) is 22.8. The number of allylic oxidation sites excluding steroid dienone is 1. The fourth-order valence-electron chi connectivity index (χ4n) is 3.33. The lowest BCUT2D eigenvalue weighted by Crippen LogP contribution is -2.35. The molecule has 0 saturated heterocycles. The first-order valence-corrected chi connectivity index (χ1v) is 10.7. The van der Waals surface area contributed by atoms with Gasteiger partial charge in [0.05, 0.1) is 18.0 Å². The molecule has 0 radical (unpaired) electrons. The minimum atomic E-state index is -0.597. The number of nitrogens with zero attached hydrogens (tertiary/aromatic N) is 3. The number of aromatic nitrogens is 2. The topological polar surface area (TPSA) is 119 Å². The highest BCUT2D eigenvalue weighted by Gasteiger charge is 2.26. The van der Waals surface area contributed by atoms with Crippen molar-refractivity contribution in [2.24, 2.45) is 4.99 Å². The number of amides is 1. The number of ether oxygens (including phenoxy) is 1. The second kappa shape index (κ2) is 10.1. The SMILES string of the molecule is CCOC(=O)C1=C(C)Nc2ccccc2N=C1NC(=O)CCc1nc(-c2ccc(F)cc2)no1. The van der Waals surface area contributed by atoms with Gasteiger partial charge in [-0.05, 0) is 50.2 Å². The van der Waals surface area contributed by atoms with Gasteiger partial charge in [-0.25, -0.2) is 14.2 Å². The van der Waals surface area contributed by atoms with E-state index in [1.807, 2.05) is 18.2 Å². The highest BCUT2D eigenvalue weighted by Crippen LogP contribution is 2.30. The van der Waals surface area contributed by atoms with E-state index in [9.17, 15) is 14.0 Å². The number of carbonyl (C=O) groups excluding carboxylic acids is 2. The Bertz CT molecular complexity index is 1280. The number of fused-ring (bicyclic) bond motifs is 1. The highest BCUT2D eigenvalue weighted by molar-refractivity contribution is 6.24. The van der Waals surface area contributed by atoms with Gasteiger partial charge in [-0.1, -0.05) is 17.3 Å². The van der Waals surface area contributed by atoms with Crippen molar-refractivity contribution in [1.29, 1.82) is 0 Å². The van der Waals surface area contributed by atoms with Gasteiger partial charge in [-0.3, -0.25) is 4.79 Å². The Labute approximate surface area is 194 Å². The van der Waals surface area contributed by atoms with E-state index in [0.29, 0.717) is 28.5 Å². The number of esters is 1. The fraction of sp³-hybridized carbons (Fsp3) is 0.208. The number of benzene rings is 2. The van der Waals surface area contributed by atoms with E-state index in [0.717, 1.165) is 0 Å². The lowest BCUT2D eigenvalue weighted by Gasteiger charge is -2.13. The second-order valence-corrected chi connectivity index (χ2v) is 7.39. The maximum absolute atomic E-state index is 13.1. The van der Waals surface area contributed by atoms with Crippen LogP contribution in [0.25, 0.3) is 11.4 Å². The molecule has 34 heavy (non-hydrogen) atoms. The summed E-state index contributed by atoms with van der Waals surface area (Å²) in [6.45, 7) is 3.59. The first-order chi connectivity index (χ1) is 16.4. The van der Waals surface area contributed by atoms with Gasteiger partial charge >= 0.3 is 5.97 Å². The van der Waals surface area contributed by atoms with Crippen LogP contribution in [0.1, 0.15) is 26.2 Å². The van der Waals surface area contributed by atoms with E-state index in [1.165, 1.54) is 12.1 Å². The third kappa shape index (κ3) is 5.17. The molecule has 1 aromatic heterocycles. The molecule has 0 bridgehead atoms. The van der Waals surface area contributed by atoms with Gasteiger partial charge < -0.3 is 19.9 Å². The minimum Gasteiger partial charge on any atom is -0.462 e. The van der Waals surface area contributed by atoms with Crippen molar-refractivity contribution in [2.75, 3.05) is 11.9 Å². The monoisotopic (exact) mass is 463 g/mol. The van der Waals surface area contributed by atoms with E-state index in [1.54, 1.807) is 32.0 Å². The number of nitrogens with one attached hydrogen (secondary N) is 2. The summed E-state index contributed by atoms with van der Waals surface area (Å²) in [5.74, 6) is -0.712. The number of aryl methyl sites for hydroxylation is 1. The predicted molar refractivity (Wildman–Crippen MR) is 123 cm³/mol. The summed E-state index contributed by atoms with van der Waals surface area (Å²) in [6, 6.07) is 12.9. The quantitative estimate of drug-likeness (QED) is 0.532. The molecule has 0 saturated carbocycles. The lowest BCUT2D eigenvalue weighted by molar-refractivity contribution is -0.137. The number of hydrogen-bond acceptors (Lipinski definition) is 8. The van der Waals surface area contributed by atoms with Crippen LogP contribution >= 0.6 is 0 Å². The van der Waals surface area contributed by atoms with Gasteiger partial charge in [-0.2, -0.15) is 4.98 Å². The molecule has 0 aliphatic carbocycles. The molecule has 0 unspecified atom stereocenters. The summed E-state index contributed by atoms with van der Waals surface area (Å²) in [4.78, 5) is 34.1. The van der Waals surface area contributed by atoms with Gasteiger partial charge in [0, 0.05) is 24.1 Å². The number of anilines is 1. The molecule has 4 rings (SSSR count). The molecule has 1 aliphatic heterocycles. The van der Waals surface area contributed by atoms with E-state index >= 15 is 0 Å². The van der Waals surface area contributed by atoms with E-state index in [2.05, 4.69) is 25.8 Å². The van der Waals surface area contributed by atoms with Gasteiger partial charge in [0.2, 0.25) is 17.6 Å². The third-order valence-electron chi connectivity index (χ3n) is 4.94. The van der Waals surface area contributed by atoms with E-state index < -0.39 is 11.9 Å². The molecule has 1 amide bonds. The summed E-state index contributed by atoms with van der Waals surface area (Å²) in [7, 11) is 0. The number of carbonyl (C=O) groups is 2. The summed E-state index contributed by atoms with van der Waals surface area (Å²) < 4.78 is 23.5. The predicted octanol–water partition coefficient (Wildman–Crippen LogP) is 3.92. The van der Waals surface area contributed by atoms with Crippen molar-refractivity contribution < 1.29 is 23.2 Å². The summed E-state index contributed by atoms with van der Waals surface area (Å²) in [5, 5.41) is 9.74. The van der Waals surface area contributed by atoms with Crippen LogP contribution < -0.4 is 10.6 Å². The Hall–Kier alpha value is -4.34. The van der Waals surface area contributed by atoms with Crippen molar-refractivity contribution in [2.45, 2.75) is 26.7 Å². The molecule has 0 fully saturated rings. The highest BCUT2D eigenvalue weighted by atomic mass is 19.1. The maximum atomic E-state index is 13.1. The zero-order valence-corrected chi connectivity index (χ0v) is 18.6. The molecule has 9 nitrogen and oxygen atoms in total. The molecule has 10 heteroatoms. The Morgan fingerprint density at radius 3 is 2.68 bits per heavy atom. The molecule has 174 valence electrons. The third-order valence-corrected chi connectivity index (χ3v) is 4.94. The molecular weight excluding hydrogens is 441 g/mol. The molecule has 3 aromatic rings. The average Bonchev–Trinajstić information content (AvgIpc) is 3.23. The zero-order chi connectivity index (χ0) is 24.1. The number of para-hydroxylation sites is 2. The molecule has 0 atom stereocenters. The molecule has 0 spiro atoms. The van der Waals surface area contributed by atoms with E-state index in [-0.39, 0.29) is 42.6 Å². The first-order valence-electron chi connectivity index (χ1n) is 10.7. The summed E-state index contributed by atoms with van der Waals surface area (Å²) >= 11 is 0. The van der Waals surface area contributed by atoms with Crippen molar-refractivity contribution >= 4 is 29.1 Å². The maximum Gasteiger partial charge on any atom is 0.343 e. The summed E-state index contributed by atoms with van der Waals surface area (Å²) in [6.07, 6.45) is 0.174.